The van der Waals surface area contributed by atoms with Crippen molar-refractivity contribution in [2.75, 3.05) is 11.9 Å². The average Bonchev–Trinajstić information content (AvgIpc) is 3.08. The molecule has 2 rings (SSSR count). The van der Waals surface area contributed by atoms with E-state index in [1.54, 1.807) is 24.3 Å². The van der Waals surface area contributed by atoms with Gasteiger partial charge in [-0.25, -0.2) is 4.79 Å². The number of amides is 1. The largest absolute Gasteiger partial charge is 0.465 e. The van der Waals surface area contributed by atoms with E-state index in [1.807, 2.05) is 26.0 Å². The number of nitriles is 1. The van der Waals surface area contributed by atoms with Gasteiger partial charge in [0.05, 0.1) is 6.26 Å². The molecular formula is C18H16N2O4. The molecule has 0 unspecified atom stereocenters. The summed E-state index contributed by atoms with van der Waals surface area (Å²) in [5.74, 6) is -1.01. The Kier molecular flexibility index (Phi) is 5.53. The van der Waals surface area contributed by atoms with Crippen LogP contribution in [-0.4, -0.2) is 18.5 Å². The molecule has 0 saturated carbocycles. The highest BCUT2D eigenvalue weighted by Crippen LogP contribution is 2.17. The molecule has 1 aromatic carbocycles. The minimum absolute atomic E-state index is 0.246. The zero-order valence-electron chi connectivity index (χ0n) is 13.3. The molecule has 6 nitrogen and oxygen atoms in total. The number of hydrogen-bond donors (Lipinski definition) is 1. The summed E-state index contributed by atoms with van der Waals surface area (Å²) in [6.45, 7) is 3.34. The fraction of sp³-hybridized carbons (Fsp3) is 0.167. The fourth-order valence-electron chi connectivity index (χ4n) is 1.93. The summed E-state index contributed by atoms with van der Waals surface area (Å²) in [7, 11) is 0. The number of furan rings is 1. The number of nitrogens with one attached hydrogen (secondary N) is 1. The van der Waals surface area contributed by atoms with Gasteiger partial charge in [0.2, 0.25) is 0 Å². The number of aryl methyl sites for hydroxylation is 1. The van der Waals surface area contributed by atoms with Gasteiger partial charge in [-0.2, -0.15) is 5.26 Å². The van der Waals surface area contributed by atoms with Crippen LogP contribution in [0, 0.1) is 25.2 Å². The molecule has 0 spiro atoms. The Hall–Kier alpha value is -3.33. The molecule has 0 fully saturated rings. The van der Waals surface area contributed by atoms with Crippen LogP contribution in [0.1, 0.15) is 16.9 Å². The number of carbonyl (C=O) groups excluding carboxylic acids is 2. The first-order valence-electron chi connectivity index (χ1n) is 7.19. The first kappa shape index (κ1) is 17.0. The first-order chi connectivity index (χ1) is 11.5. The van der Waals surface area contributed by atoms with Crippen molar-refractivity contribution in [3.05, 3.63) is 59.1 Å². The molecule has 0 radical (unpaired) electrons. The number of rotatable bonds is 5. The zero-order valence-corrected chi connectivity index (χ0v) is 13.3. The number of ether oxygens (including phenoxy) is 1. The average molecular weight is 324 g/mol. The summed E-state index contributed by atoms with van der Waals surface area (Å²) >= 11 is 0. The highest BCUT2D eigenvalue weighted by Gasteiger charge is 2.14. The lowest BCUT2D eigenvalue weighted by atomic mass is 10.1. The van der Waals surface area contributed by atoms with E-state index in [2.05, 4.69) is 5.32 Å². The minimum Gasteiger partial charge on any atom is -0.465 e. The molecule has 0 atom stereocenters. The van der Waals surface area contributed by atoms with Crippen molar-refractivity contribution in [3.8, 4) is 6.07 Å². The molecule has 0 aliphatic heterocycles. The summed E-state index contributed by atoms with van der Waals surface area (Å²) in [6, 6.07) is 10.5. The van der Waals surface area contributed by atoms with E-state index in [1.165, 1.54) is 12.3 Å². The third-order valence-electron chi connectivity index (χ3n) is 3.38. The van der Waals surface area contributed by atoms with Crippen molar-refractivity contribution >= 4 is 23.6 Å². The number of esters is 1. The normalized spacial score (nSPS) is 10.8. The topological polar surface area (TPSA) is 92.3 Å². The molecule has 0 aliphatic carbocycles. The second-order valence-corrected chi connectivity index (χ2v) is 5.06. The van der Waals surface area contributed by atoms with E-state index in [4.69, 9.17) is 14.4 Å². The summed E-state index contributed by atoms with van der Waals surface area (Å²) < 4.78 is 9.89. The third-order valence-corrected chi connectivity index (χ3v) is 3.38. The molecule has 0 bridgehead atoms. The second kappa shape index (κ2) is 7.79. The Bertz CT molecular complexity index is 814. The van der Waals surface area contributed by atoms with E-state index >= 15 is 0 Å². The highest BCUT2D eigenvalue weighted by molar-refractivity contribution is 6.00. The summed E-state index contributed by atoms with van der Waals surface area (Å²) in [4.78, 5) is 23.7. The monoisotopic (exact) mass is 324 g/mol. The minimum atomic E-state index is -0.884. The van der Waals surface area contributed by atoms with Crippen LogP contribution in [-0.2, 0) is 14.3 Å². The number of carbonyl (C=O) groups is 2. The van der Waals surface area contributed by atoms with Crippen molar-refractivity contribution in [1.82, 2.24) is 0 Å². The smallest absolute Gasteiger partial charge is 0.349 e. The van der Waals surface area contributed by atoms with E-state index in [0.29, 0.717) is 11.4 Å². The second-order valence-electron chi connectivity index (χ2n) is 5.06. The van der Waals surface area contributed by atoms with Crippen LogP contribution in [0.5, 0.6) is 0 Å². The van der Waals surface area contributed by atoms with Crippen LogP contribution in [0.2, 0.25) is 0 Å². The molecular weight excluding hydrogens is 308 g/mol. The number of benzene rings is 1. The molecule has 1 aromatic heterocycles. The Morgan fingerprint density at radius 1 is 1.29 bits per heavy atom. The lowest BCUT2D eigenvalue weighted by Gasteiger charge is -2.10. The SMILES string of the molecule is Cc1cccc(NC(=O)COC(=O)/C(C#N)=C/c2ccco2)c1C. The van der Waals surface area contributed by atoms with Gasteiger partial charge in [-0.3, -0.25) is 4.79 Å². The Balaban J connectivity index is 1.94. The molecule has 2 aromatic rings. The summed E-state index contributed by atoms with van der Waals surface area (Å²) in [6.07, 6.45) is 2.68. The van der Waals surface area contributed by atoms with Crippen molar-refractivity contribution < 1.29 is 18.7 Å². The lowest BCUT2D eigenvalue weighted by Crippen LogP contribution is -2.21. The maximum Gasteiger partial charge on any atom is 0.349 e. The van der Waals surface area contributed by atoms with Gasteiger partial charge in [0.15, 0.2) is 6.61 Å². The van der Waals surface area contributed by atoms with Gasteiger partial charge in [0.1, 0.15) is 17.4 Å². The van der Waals surface area contributed by atoms with E-state index in [0.717, 1.165) is 11.1 Å². The van der Waals surface area contributed by atoms with Crippen molar-refractivity contribution in [2.45, 2.75) is 13.8 Å². The van der Waals surface area contributed by atoms with Gasteiger partial charge in [-0.1, -0.05) is 12.1 Å². The molecule has 1 heterocycles. The third kappa shape index (κ3) is 4.34. The Morgan fingerprint density at radius 2 is 2.08 bits per heavy atom. The van der Waals surface area contributed by atoms with Gasteiger partial charge >= 0.3 is 5.97 Å². The van der Waals surface area contributed by atoms with Crippen molar-refractivity contribution in [1.29, 1.82) is 5.26 Å². The molecule has 1 N–H and O–H groups in total. The molecule has 0 aliphatic rings. The Morgan fingerprint density at radius 3 is 2.75 bits per heavy atom. The summed E-state index contributed by atoms with van der Waals surface area (Å²) in [5, 5.41) is 11.7. The molecule has 0 saturated heterocycles. The predicted octanol–water partition coefficient (Wildman–Crippen LogP) is 2.99. The van der Waals surface area contributed by atoms with Gasteiger partial charge in [-0.05, 0) is 43.2 Å². The molecule has 24 heavy (non-hydrogen) atoms. The van der Waals surface area contributed by atoms with Gasteiger partial charge in [0, 0.05) is 11.8 Å². The van der Waals surface area contributed by atoms with Gasteiger partial charge in [-0.15, -0.1) is 0 Å². The van der Waals surface area contributed by atoms with E-state index in [-0.39, 0.29) is 5.57 Å². The van der Waals surface area contributed by atoms with Crippen LogP contribution in [0.4, 0.5) is 5.69 Å². The van der Waals surface area contributed by atoms with Crippen LogP contribution < -0.4 is 5.32 Å². The first-order valence-corrected chi connectivity index (χ1v) is 7.19. The number of anilines is 1. The maximum atomic E-state index is 11.9. The standard InChI is InChI=1S/C18H16N2O4/c1-12-5-3-7-16(13(12)2)20-17(21)11-24-18(22)14(10-19)9-15-6-4-8-23-15/h3-9H,11H2,1-2H3,(H,20,21)/b14-9+. The summed E-state index contributed by atoms with van der Waals surface area (Å²) in [5.41, 5.74) is 2.39. The van der Waals surface area contributed by atoms with Crippen LogP contribution in [0.3, 0.4) is 0 Å². The lowest BCUT2D eigenvalue weighted by molar-refractivity contribution is -0.142. The quantitative estimate of drug-likeness (QED) is 0.518. The fourth-order valence-corrected chi connectivity index (χ4v) is 1.93. The van der Waals surface area contributed by atoms with Gasteiger partial charge < -0.3 is 14.5 Å². The maximum absolute atomic E-state index is 11.9. The zero-order chi connectivity index (χ0) is 17.5. The highest BCUT2D eigenvalue weighted by atomic mass is 16.5. The van der Waals surface area contributed by atoms with Crippen LogP contribution in [0.25, 0.3) is 6.08 Å². The number of nitrogens with zero attached hydrogens (tertiary/aromatic N) is 1. The molecule has 1 amide bonds. The van der Waals surface area contributed by atoms with Crippen LogP contribution >= 0.6 is 0 Å². The van der Waals surface area contributed by atoms with E-state index in [9.17, 15) is 9.59 Å². The number of hydrogen-bond acceptors (Lipinski definition) is 5. The van der Waals surface area contributed by atoms with Crippen LogP contribution in [0.15, 0.2) is 46.6 Å². The van der Waals surface area contributed by atoms with Crippen molar-refractivity contribution in [2.24, 2.45) is 0 Å². The molecule has 6 heteroatoms. The van der Waals surface area contributed by atoms with E-state index < -0.39 is 18.5 Å². The molecule has 122 valence electrons. The van der Waals surface area contributed by atoms with Crippen molar-refractivity contribution in [3.63, 3.8) is 0 Å². The Labute approximate surface area is 139 Å². The predicted molar refractivity (Wildman–Crippen MR) is 87.8 cm³/mol. The van der Waals surface area contributed by atoms with Gasteiger partial charge in [0.25, 0.3) is 5.91 Å².